The minimum Gasteiger partial charge on any atom is -0.310 e. The molecule has 1 amide bonds. The number of hydrogen-bond acceptors (Lipinski definition) is 2. The van der Waals surface area contributed by atoms with Crippen LogP contribution in [0.15, 0.2) is 10.5 Å². The van der Waals surface area contributed by atoms with Crippen molar-refractivity contribution in [3.8, 4) is 0 Å². The first-order valence-corrected chi connectivity index (χ1v) is 7.08. The molecule has 0 fully saturated rings. The second-order valence-electron chi connectivity index (χ2n) is 5.13. The molecule has 0 saturated heterocycles. The van der Waals surface area contributed by atoms with Crippen molar-refractivity contribution >= 4 is 35.5 Å². The Morgan fingerprint density at radius 2 is 2.17 bits per heavy atom. The number of anilines is 1. The van der Waals surface area contributed by atoms with Crippen molar-refractivity contribution in [2.24, 2.45) is 5.41 Å². The Kier molecular flexibility index (Phi) is 4.96. The average molecular weight is 311 g/mol. The van der Waals surface area contributed by atoms with Gasteiger partial charge in [0.25, 0.3) is 0 Å². The van der Waals surface area contributed by atoms with Crippen LogP contribution in [0.4, 0.5) is 5.82 Å². The molecule has 0 atom stereocenters. The van der Waals surface area contributed by atoms with E-state index in [1.54, 1.807) is 0 Å². The van der Waals surface area contributed by atoms with Gasteiger partial charge in [-0.1, -0.05) is 20.8 Å². The van der Waals surface area contributed by atoms with E-state index in [4.69, 9.17) is 0 Å². The zero-order chi connectivity index (χ0) is 13.9. The maximum absolute atomic E-state index is 12.1. The highest BCUT2D eigenvalue weighted by Gasteiger charge is 2.25. The van der Waals surface area contributed by atoms with Crippen molar-refractivity contribution in [2.75, 3.05) is 5.32 Å². The van der Waals surface area contributed by atoms with E-state index in [1.807, 2.05) is 41.6 Å². The number of hydrogen-bond donors (Lipinski definition) is 1. The van der Waals surface area contributed by atoms with Gasteiger partial charge in [0, 0.05) is 15.6 Å². The Balaban J connectivity index is 2.99. The molecule has 18 heavy (non-hydrogen) atoms. The van der Waals surface area contributed by atoms with Crippen LogP contribution in [0.25, 0.3) is 0 Å². The number of nitrogens with zero attached hydrogens (tertiary/aromatic N) is 1. The molecule has 0 spiro atoms. The quantitative estimate of drug-likeness (QED) is 0.869. The molecule has 0 bridgehead atoms. The van der Waals surface area contributed by atoms with Gasteiger partial charge in [-0.2, -0.15) is 0 Å². The van der Waals surface area contributed by atoms with E-state index in [2.05, 4.69) is 26.2 Å². The minimum absolute atomic E-state index is 0.0151. The fraction of sp³-hybridized carbons (Fsp3) is 0.538. The topological polar surface area (TPSA) is 42.0 Å². The van der Waals surface area contributed by atoms with Gasteiger partial charge in [-0.25, -0.2) is 4.98 Å². The molecule has 0 unspecified atom stereocenters. The van der Waals surface area contributed by atoms with Gasteiger partial charge >= 0.3 is 0 Å². The highest BCUT2D eigenvalue weighted by Crippen LogP contribution is 2.25. The molecule has 1 heterocycles. The number of rotatable bonds is 4. The summed E-state index contributed by atoms with van der Waals surface area (Å²) < 4.78 is 1.03. The third kappa shape index (κ3) is 3.34. The molecular formula is C13H20BBrN2O. The molecule has 1 rings (SSSR count). The van der Waals surface area contributed by atoms with E-state index >= 15 is 0 Å². The number of halogens is 1. The first-order valence-electron chi connectivity index (χ1n) is 6.29. The summed E-state index contributed by atoms with van der Waals surface area (Å²) in [5, 5.41) is 2.90. The number of aromatic nitrogens is 1. The van der Waals surface area contributed by atoms with Crippen molar-refractivity contribution in [2.45, 2.75) is 40.4 Å². The number of aryl methyl sites for hydroxylation is 1. The van der Waals surface area contributed by atoms with Gasteiger partial charge in [-0.15, -0.1) is 0 Å². The fourth-order valence-corrected chi connectivity index (χ4v) is 1.95. The standard InChI is InChI=1S/C13H20BBrN2O/c1-5-13(3,4)12(18)17-10-6-8(2)11(15)9(7-14)16-10/h6H,5,7,14H2,1-4H3,(H,16,17,18). The summed E-state index contributed by atoms with van der Waals surface area (Å²) >= 11 is 3.52. The number of carbonyl (C=O) groups excluding carboxylic acids is 1. The molecule has 0 aliphatic carbocycles. The predicted octanol–water partition coefficient (Wildman–Crippen LogP) is 2.66. The normalized spacial score (nSPS) is 11.4. The zero-order valence-corrected chi connectivity index (χ0v) is 13.3. The number of pyridine rings is 1. The lowest BCUT2D eigenvalue weighted by atomic mass is 9.89. The van der Waals surface area contributed by atoms with Gasteiger partial charge in [0.15, 0.2) is 0 Å². The summed E-state index contributed by atoms with van der Waals surface area (Å²) in [6.45, 7) is 7.90. The van der Waals surface area contributed by atoms with Crippen LogP contribution in [-0.4, -0.2) is 18.7 Å². The van der Waals surface area contributed by atoms with Crippen LogP contribution in [0.3, 0.4) is 0 Å². The van der Waals surface area contributed by atoms with Crippen LogP contribution >= 0.6 is 15.9 Å². The van der Waals surface area contributed by atoms with Crippen LogP contribution < -0.4 is 5.32 Å². The van der Waals surface area contributed by atoms with Crippen molar-refractivity contribution in [1.82, 2.24) is 4.98 Å². The highest BCUT2D eigenvalue weighted by atomic mass is 79.9. The Labute approximate surface area is 118 Å². The average Bonchev–Trinajstić information content (AvgIpc) is 2.33. The maximum atomic E-state index is 12.1. The molecule has 0 aliphatic heterocycles. The molecule has 0 saturated carbocycles. The zero-order valence-electron chi connectivity index (χ0n) is 11.7. The van der Waals surface area contributed by atoms with Crippen LogP contribution in [0, 0.1) is 12.3 Å². The van der Waals surface area contributed by atoms with E-state index in [0.29, 0.717) is 5.82 Å². The Morgan fingerprint density at radius 3 is 2.67 bits per heavy atom. The lowest BCUT2D eigenvalue weighted by molar-refractivity contribution is -0.124. The summed E-state index contributed by atoms with van der Waals surface area (Å²) in [7, 11) is 2.05. The van der Waals surface area contributed by atoms with Gasteiger partial charge in [-0.05, 0) is 47.2 Å². The van der Waals surface area contributed by atoms with E-state index < -0.39 is 0 Å². The Hall–Kier alpha value is -0.835. The van der Waals surface area contributed by atoms with Gasteiger partial charge in [0.2, 0.25) is 5.91 Å². The van der Waals surface area contributed by atoms with Gasteiger partial charge in [-0.3, -0.25) is 4.79 Å². The van der Waals surface area contributed by atoms with E-state index in [9.17, 15) is 4.79 Å². The number of amides is 1. The molecule has 1 aromatic rings. The van der Waals surface area contributed by atoms with Gasteiger partial charge < -0.3 is 5.32 Å². The number of carbonyl (C=O) groups is 1. The van der Waals surface area contributed by atoms with Crippen molar-refractivity contribution < 1.29 is 4.79 Å². The van der Waals surface area contributed by atoms with Crippen molar-refractivity contribution in [1.29, 1.82) is 0 Å². The van der Waals surface area contributed by atoms with Gasteiger partial charge in [0.1, 0.15) is 13.7 Å². The summed E-state index contributed by atoms with van der Waals surface area (Å²) in [5.41, 5.74) is 1.70. The molecule has 0 radical (unpaired) electrons. The van der Waals surface area contributed by atoms with Crippen molar-refractivity contribution in [3.05, 3.63) is 21.8 Å². The van der Waals surface area contributed by atoms with Crippen LogP contribution in [0.2, 0.25) is 0 Å². The molecule has 3 nitrogen and oxygen atoms in total. The number of nitrogens with one attached hydrogen (secondary N) is 1. The lowest BCUT2D eigenvalue weighted by Crippen LogP contribution is -2.30. The smallest absolute Gasteiger partial charge is 0.231 e. The first kappa shape index (κ1) is 15.2. The van der Waals surface area contributed by atoms with Crippen LogP contribution in [0.1, 0.15) is 38.4 Å². The minimum atomic E-state index is -0.366. The summed E-state index contributed by atoms with van der Waals surface area (Å²) in [5.74, 6) is 0.653. The van der Waals surface area contributed by atoms with Crippen LogP contribution in [0.5, 0.6) is 0 Å². The van der Waals surface area contributed by atoms with E-state index in [-0.39, 0.29) is 11.3 Å². The van der Waals surface area contributed by atoms with Crippen LogP contribution in [-0.2, 0) is 11.1 Å². The summed E-state index contributed by atoms with van der Waals surface area (Å²) in [4.78, 5) is 16.6. The van der Waals surface area contributed by atoms with E-state index in [1.165, 1.54) is 0 Å². The molecule has 98 valence electrons. The molecule has 1 aromatic heterocycles. The predicted molar refractivity (Wildman–Crippen MR) is 81.6 cm³/mol. The van der Waals surface area contributed by atoms with Crippen molar-refractivity contribution in [3.63, 3.8) is 0 Å². The summed E-state index contributed by atoms with van der Waals surface area (Å²) in [6, 6.07) is 1.90. The first-order chi connectivity index (χ1) is 8.31. The maximum Gasteiger partial charge on any atom is 0.231 e. The fourth-order valence-electron chi connectivity index (χ4n) is 1.47. The molecular weight excluding hydrogens is 291 g/mol. The molecule has 0 aliphatic rings. The summed E-state index contributed by atoms with van der Waals surface area (Å²) in [6.07, 6.45) is 1.64. The van der Waals surface area contributed by atoms with E-state index in [0.717, 1.165) is 28.5 Å². The van der Waals surface area contributed by atoms with Gasteiger partial charge in [0.05, 0.1) is 0 Å². The monoisotopic (exact) mass is 310 g/mol. The largest absolute Gasteiger partial charge is 0.310 e. The highest BCUT2D eigenvalue weighted by molar-refractivity contribution is 9.10. The SMILES string of the molecule is BCc1nc(NC(=O)C(C)(C)CC)cc(C)c1Br. The second-order valence-corrected chi connectivity index (χ2v) is 5.92. The third-order valence-electron chi connectivity index (χ3n) is 3.28. The molecule has 0 aromatic carbocycles. The third-order valence-corrected chi connectivity index (χ3v) is 4.37. The Bertz CT molecular complexity index is 461. The second kappa shape index (κ2) is 5.87. The molecule has 5 heteroatoms. The lowest BCUT2D eigenvalue weighted by Gasteiger charge is -2.21. The Morgan fingerprint density at radius 1 is 1.56 bits per heavy atom. The molecule has 1 N–H and O–H groups in total.